The van der Waals surface area contributed by atoms with E-state index in [0.29, 0.717) is 18.0 Å². The maximum Gasteiger partial charge on any atom is 0.327 e. The Labute approximate surface area is 162 Å². The first kappa shape index (κ1) is 19.3. The van der Waals surface area contributed by atoms with Gasteiger partial charge in [-0.2, -0.15) is 0 Å². The highest BCUT2D eigenvalue weighted by atomic mass is 16.5. The largest absolute Gasteiger partial charge is 0.495 e. The maximum absolute atomic E-state index is 11.9. The van der Waals surface area contributed by atoms with Crippen LogP contribution in [0.3, 0.4) is 0 Å². The highest BCUT2D eigenvalue weighted by Crippen LogP contribution is 2.23. The molecule has 0 saturated carbocycles. The maximum atomic E-state index is 11.9. The first-order valence-corrected chi connectivity index (χ1v) is 8.83. The van der Waals surface area contributed by atoms with Gasteiger partial charge >= 0.3 is 6.03 Å². The van der Waals surface area contributed by atoms with E-state index in [0.717, 1.165) is 22.2 Å². The summed E-state index contributed by atoms with van der Waals surface area (Å²) >= 11 is 0. The second-order valence-corrected chi connectivity index (χ2v) is 7.47. The van der Waals surface area contributed by atoms with E-state index in [2.05, 4.69) is 25.6 Å². The molecule has 8 heteroatoms. The molecule has 3 amide bonds. The number of carbonyl (C=O) groups excluding carboxylic acids is 2. The van der Waals surface area contributed by atoms with Gasteiger partial charge in [-0.15, -0.1) is 0 Å². The Hall–Kier alpha value is -3.42. The first-order valence-electron chi connectivity index (χ1n) is 8.83. The third-order valence-corrected chi connectivity index (χ3v) is 4.20. The highest BCUT2D eigenvalue weighted by Gasteiger charge is 2.23. The van der Waals surface area contributed by atoms with Gasteiger partial charge in [0, 0.05) is 29.6 Å². The molecule has 0 atom stereocenters. The Kier molecular flexibility index (Phi) is 5.30. The minimum Gasteiger partial charge on any atom is -0.495 e. The minimum atomic E-state index is -0.647. The molecule has 0 aliphatic rings. The number of aromatic nitrogens is 3. The van der Waals surface area contributed by atoms with Crippen molar-refractivity contribution in [3.05, 3.63) is 47.9 Å². The van der Waals surface area contributed by atoms with Crippen molar-refractivity contribution in [1.82, 2.24) is 20.3 Å². The predicted octanol–water partition coefficient (Wildman–Crippen LogP) is 3.25. The van der Waals surface area contributed by atoms with Gasteiger partial charge in [-0.25, -0.2) is 14.8 Å². The molecule has 0 bridgehead atoms. The van der Waals surface area contributed by atoms with Gasteiger partial charge in [0.25, 0.3) is 0 Å². The second-order valence-electron chi connectivity index (χ2n) is 7.47. The summed E-state index contributed by atoms with van der Waals surface area (Å²) in [6.07, 6.45) is 5.92. The number of hydrogen-bond donors (Lipinski definition) is 3. The van der Waals surface area contributed by atoms with Crippen LogP contribution in [0.1, 0.15) is 31.9 Å². The molecule has 0 saturated heterocycles. The lowest BCUT2D eigenvalue weighted by Crippen LogP contribution is -2.41. The van der Waals surface area contributed by atoms with Gasteiger partial charge in [0.2, 0.25) is 5.91 Å². The van der Waals surface area contributed by atoms with E-state index in [1.807, 2.05) is 18.3 Å². The summed E-state index contributed by atoms with van der Waals surface area (Å²) in [7, 11) is 1.61. The van der Waals surface area contributed by atoms with Crippen LogP contribution in [0.5, 0.6) is 5.75 Å². The quantitative estimate of drug-likeness (QED) is 0.643. The average Bonchev–Trinajstić information content (AvgIpc) is 3.04. The van der Waals surface area contributed by atoms with Crippen LogP contribution in [-0.4, -0.2) is 34.0 Å². The van der Waals surface area contributed by atoms with Crippen LogP contribution < -0.4 is 15.4 Å². The van der Waals surface area contributed by atoms with Crippen LogP contribution in [0, 0.1) is 5.41 Å². The molecule has 0 unspecified atom stereocenters. The van der Waals surface area contributed by atoms with Crippen LogP contribution in [-0.2, 0) is 11.2 Å². The lowest BCUT2D eigenvalue weighted by atomic mass is 9.96. The minimum absolute atomic E-state index is 0.356. The van der Waals surface area contributed by atoms with Crippen LogP contribution in [0.2, 0.25) is 0 Å². The molecule has 146 valence electrons. The summed E-state index contributed by atoms with van der Waals surface area (Å²) in [6.45, 7) is 5.20. The molecule has 0 aliphatic carbocycles. The number of H-pyrrole nitrogens is 1. The fourth-order valence-corrected chi connectivity index (χ4v) is 2.56. The van der Waals surface area contributed by atoms with E-state index in [1.54, 1.807) is 46.3 Å². The Morgan fingerprint density at radius 2 is 1.96 bits per heavy atom. The summed E-state index contributed by atoms with van der Waals surface area (Å²) in [6, 6.07) is 4.91. The van der Waals surface area contributed by atoms with E-state index in [4.69, 9.17) is 4.74 Å². The standard InChI is InChI=1S/C20H23N5O3/c1-20(2,3)18(26)25-19(27)24-16-6-5-12(9-21-16)7-13-10-22-17-15(13)8-14(28-4)11-23-17/h5-6,8-11H,7H2,1-4H3,(H,22,23)(H2,21,24,25,26,27). The fraction of sp³-hybridized carbons (Fsp3) is 0.300. The second kappa shape index (κ2) is 7.67. The van der Waals surface area contributed by atoms with Crippen molar-refractivity contribution in [3.8, 4) is 5.75 Å². The number of nitrogens with zero attached hydrogens (tertiary/aromatic N) is 2. The van der Waals surface area contributed by atoms with Crippen LogP contribution >= 0.6 is 0 Å². The van der Waals surface area contributed by atoms with E-state index >= 15 is 0 Å². The Morgan fingerprint density at radius 1 is 1.18 bits per heavy atom. The lowest BCUT2D eigenvalue weighted by molar-refractivity contribution is -0.127. The number of rotatable bonds is 4. The average molecular weight is 381 g/mol. The summed E-state index contributed by atoms with van der Waals surface area (Å²) in [5, 5.41) is 5.85. The van der Waals surface area contributed by atoms with E-state index in [1.165, 1.54) is 0 Å². The van der Waals surface area contributed by atoms with Crippen molar-refractivity contribution in [2.45, 2.75) is 27.2 Å². The number of nitrogens with one attached hydrogen (secondary N) is 3. The van der Waals surface area contributed by atoms with Gasteiger partial charge in [-0.3, -0.25) is 15.4 Å². The van der Waals surface area contributed by atoms with Crippen LogP contribution in [0.25, 0.3) is 11.0 Å². The lowest BCUT2D eigenvalue weighted by Gasteiger charge is -2.16. The smallest absolute Gasteiger partial charge is 0.327 e. The van der Waals surface area contributed by atoms with Crippen LogP contribution in [0.4, 0.5) is 10.6 Å². The Balaban J connectivity index is 1.66. The topological polar surface area (TPSA) is 109 Å². The fourth-order valence-electron chi connectivity index (χ4n) is 2.56. The zero-order valence-electron chi connectivity index (χ0n) is 16.3. The Morgan fingerprint density at radius 3 is 2.61 bits per heavy atom. The van der Waals surface area contributed by atoms with Gasteiger partial charge in [-0.1, -0.05) is 26.8 Å². The molecule has 3 rings (SSSR count). The normalized spacial score (nSPS) is 11.3. The van der Waals surface area contributed by atoms with Crippen molar-refractivity contribution in [2.24, 2.45) is 5.41 Å². The molecule has 0 spiro atoms. The number of hydrogen-bond acceptors (Lipinski definition) is 5. The van der Waals surface area contributed by atoms with Crippen molar-refractivity contribution in [3.63, 3.8) is 0 Å². The zero-order valence-corrected chi connectivity index (χ0v) is 16.3. The number of anilines is 1. The number of methoxy groups -OCH3 is 1. The summed E-state index contributed by atoms with van der Waals surface area (Å²) in [5.74, 6) is 0.706. The molecule has 0 aromatic carbocycles. The third kappa shape index (κ3) is 4.46. The SMILES string of the molecule is COc1cnc2[nH]cc(Cc3ccc(NC(=O)NC(=O)C(C)(C)C)nc3)c2c1. The van der Waals surface area contributed by atoms with Crippen molar-refractivity contribution >= 4 is 28.8 Å². The summed E-state index contributed by atoms with van der Waals surface area (Å²) in [4.78, 5) is 35.5. The van der Waals surface area contributed by atoms with Crippen molar-refractivity contribution < 1.29 is 14.3 Å². The van der Waals surface area contributed by atoms with Gasteiger partial charge in [0.1, 0.15) is 17.2 Å². The molecule has 8 nitrogen and oxygen atoms in total. The molecule has 0 fully saturated rings. The Bertz CT molecular complexity index is 1000. The van der Waals surface area contributed by atoms with Gasteiger partial charge in [0.15, 0.2) is 0 Å². The molecule has 0 radical (unpaired) electrons. The highest BCUT2D eigenvalue weighted by molar-refractivity contribution is 6.02. The number of carbonyl (C=O) groups is 2. The van der Waals surface area contributed by atoms with E-state index < -0.39 is 11.4 Å². The molecule has 3 aromatic heterocycles. The van der Waals surface area contributed by atoms with Gasteiger partial charge in [-0.05, 0) is 23.3 Å². The van der Waals surface area contributed by atoms with E-state index in [9.17, 15) is 9.59 Å². The monoisotopic (exact) mass is 381 g/mol. The first-order chi connectivity index (χ1) is 13.3. The predicted molar refractivity (Wildman–Crippen MR) is 106 cm³/mol. The number of pyridine rings is 2. The summed E-state index contributed by atoms with van der Waals surface area (Å²) < 4.78 is 5.24. The third-order valence-electron chi connectivity index (χ3n) is 4.20. The number of ether oxygens (including phenoxy) is 1. The number of urea groups is 1. The van der Waals surface area contributed by atoms with Crippen molar-refractivity contribution in [1.29, 1.82) is 0 Å². The molecule has 3 N–H and O–H groups in total. The molecule has 3 heterocycles. The van der Waals surface area contributed by atoms with Crippen molar-refractivity contribution in [2.75, 3.05) is 12.4 Å². The van der Waals surface area contributed by atoms with E-state index in [-0.39, 0.29) is 5.91 Å². The number of aromatic amines is 1. The number of imide groups is 1. The number of fused-ring (bicyclic) bond motifs is 1. The zero-order chi connectivity index (χ0) is 20.3. The molecular weight excluding hydrogens is 358 g/mol. The molecule has 0 aliphatic heterocycles. The molecule has 28 heavy (non-hydrogen) atoms. The van der Waals surface area contributed by atoms with Gasteiger partial charge in [0.05, 0.1) is 13.3 Å². The van der Waals surface area contributed by atoms with Gasteiger partial charge < -0.3 is 9.72 Å². The summed E-state index contributed by atoms with van der Waals surface area (Å²) in [5.41, 5.74) is 2.19. The van der Waals surface area contributed by atoms with Crippen LogP contribution in [0.15, 0.2) is 36.8 Å². The number of amides is 3. The molecular formula is C20H23N5O3. The molecule has 3 aromatic rings.